The Labute approximate surface area is 143 Å². The van der Waals surface area contributed by atoms with E-state index in [1.54, 1.807) is 7.11 Å². The highest BCUT2D eigenvalue weighted by Gasteiger charge is 2.44. The quantitative estimate of drug-likeness (QED) is 0.583. The lowest BCUT2D eigenvalue weighted by atomic mass is 9.72. The summed E-state index contributed by atoms with van der Waals surface area (Å²) in [5.41, 5.74) is 5.87. The molecule has 0 aliphatic heterocycles. The third-order valence-electron chi connectivity index (χ3n) is 4.82. The summed E-state index contributed by atoms with van der Waals surface area (Å²) in [5, 5.41) is 0. The van der Waals surface area contributed by atoms with Gasteiger partial charge >= 0.3 is 0 Å². The molecular weight excluding hydrogens is 392 g/mol. The Kier molecular flexibility index (Phi) is 4.45. The Hall–Kier alpha value is -0.380. The van der Waals surface area contributed by atoms with E-state index in [0.717, 1.165) is 30.3 Å². The minimum atomic E-state index is 0.0907. The maximum absolute atomic E-state index is 5.41. The maximum atomic E-state index is 5.41. The molecule has 0 radical (unpaired) electrons. The van der Waals surface area contributed by atoms with Crippen molar-refractivity contribution >= 4 is 37.4 Å². The predicted octanol–water partition coefficient (Wildman–Crippen LogP) is 5.62. The van der Waals surface area contributed by atoms with Crippen LogP contribution in [0.2, 0.25) is 0 Å². The number of methoxy groups -OCH3 is 1. The van der Waals surface area contributed by atoms with Gasteiger partial charge < -0.3 is 4.74 Å². The van der Waals surface area contributed by atoms with E-state index in [2.05, 4.69) is 69.1 Å². The summed E-state index contributed by atoms with van der Waals surface area (Å²) in [7, 11) is 1.79. The van der Waals surface area contributed by atoms with Gasteiger partial charge in [-0.15, -0.1) is 0 Å². The second-order valence-electron chi connectivity index (χ2n) is 5.82. The lowest BCUT2D eigenvalue weighted by Crippen LogP contribution is -2.27. The fraction of sp³-hybridized carbons (Fsp3) is 0.444. The van der Waals surface area contributed by atoms with Crippen LogP contribution in [-0.2, 0) is 10.2 Å². The summed E-state index contributed by atoms with van der Waals surface area (Å²) >= 11 is 7.42. The number of benzene rings is 1. The fourth-order valence-electron chi connectivity index (χ4n) is 3.75. The lowest BCUT2D eigenvalue weighted by Gasteiger charge is -2.33. The minimum absolute atomic E-state index is 0.0907. The zero-order valence-corrected chi connectivity index (χ0v) is 15.6. The van der Waals surface area contributed by atoms with E-state index in [9.17, 15) is 0 Å². The topological polar surface area (TPSA) is 9.23 Å². The summed E-state index contributed by atoms with van der Waals surface area (Å²) in [5.74, 6) is 0. The van der Waals surface area contributed by atoms with Gasteiger partial charge in [0.05, 0.1) is 0 Å². The van der Waals surface area contributed by atoms with Crippen LogP contribution < -0.4 is 0 Å². The number of fused-ring (bicyclic) bond motifs is 3. The molecule has 3 heteroatoms. The molecule has 3 rings (SSSR count). The monoisotopic (exact) mass is 410 g/mol. The van der Waals surface area contributed by atoms with Crippen molar-refractivity contribution in [1.29, 1.82) is 0 Å². The Morgan fingerprint density at radius 2 is 2.19 bits per heavy atom. The van der Waals surface area contributed by atoms with Gasteiger partial charge in [-0.1, -0.05) is 57.0 Å². The van der Waals surface area contributed by atoms with Crippen molar-refractivity contribution in [2.75, 3.05) is 13.7 Å². The molecule has 112 valence electrons. The molecule has 0 saturated carbocycles. The Balaban J connectivity index is 2.21. The van der Waals surface area contributed by atoms with E-state index in [1.807, 2.05) is 0 Å². The molecule has 21 heavy (non-hydrogen) atoms. The highest BCUT2D eigenvalue weighted by atomic mass is 79.9. The number of ether oxygens (including phenoxy) is 1. The maximum Gasteiger partial charge on any atom is 0.0474 e. The van der Waals surface area contributed by atoms with E-state index in [1.165, 1.54) is 22.3 Å². The van der Waals surface area contributed by atoms with E-state index in [-0.39, 0.29) is 5.41 Å². The molecule has 0 heterocycles. The van der Waals surface area contributed by atoms with Crippen LogP contribution in [0.3, 0.4) is 0 Å². The first kappa shape index (κ1) is 15.5. The van der Waals surface area contributed by atoms with Crippen LogP contribution in [0.25, 0.3) is 5.57 Å². The Morgan fingerprint density at radius 1 is 1.38 bits per heavy atom. The first-order valence-electron chi connectivity index (χ1n) is 7.48. The minimum Gasteiger partial charge on any atom is -0.385 e. The average Bonchev–Trinajstić information content (AvgIpc) is 2.74. The summed E-state index contributed by atoms with van der Waals surface area (Å²) in [6.45, 7) is 3.08. The van der Waals surface area contributed by atoms with Crippen molar-refractivity contribution in [3.8, 4) is 0 Å². The number of rotatable bonds is 4. The molecule has 1 aromatic carbocycles. The standard InChI is InChI=1S/C18H20Br2O/c1-3-18(8-9-21-2)16-10-12(19)4-6-14(16)15-7-5-13(20)11-17(15)18/h4,6-7,10-11,13H,3,5,8-9H2,1-2H3. The fourth-order valence-corrected chi connectivity index (χ4v) is 4.56. The molecule has 0 fully saturated rings. The van der Waals surface area contributed by atoms with Crippen LogP contribution in [0, 0.1) is 0 Å². The number of alkyl halides is 1. The molecule has 0 bridgehead atoms. The van der Waals surface area contributed by atoms with Crippen molar-refractivity contribution in [3.05, 3.63) is 51.5 Å². The van der Waals surface area contributed by atoms with E-state index in [0.29, 0.717) is 4.83 Å². The Morgan fingerprint density at radius 3 is 2.90 bits per heavy atom. The van der Waals surface area contributed by atoms with Crippen LogP contribution >= 0.6 is 31.9 Å². The number of hydrogen-bond donors (Lipinski definition) is 0. The first-order valence-corrected chi connectivity index (χ1v) is 9.19. The van der Waals surface area contributed by atoms with Crippen molar-refractivity contribution in [1.82, 2.24) is 0 Å². The molecule has 2 aliphatic rings. The molecule has 0 spiro atoms. The van der Waals surface area contributed by atoms with Gasteiger partial charge in [-0.25, -0.2) is 0 Å². The van der Waals surface area contributed by atoms with Gasteiger partial charge in [0, 0.05) is 28.4 Å². The molecular formula is C18H20Br2O. The molecule has 2 unspecified atom stereocenters. The van der Waals surface area contributed by atoms with Crippen LogP contribution in [0.1, 0.15) is 37.3 Å². The highest BCUT2D eigenvalue weighted by molar-refractivity contribution is 9.10. The van der Waals surface area contributed by atoms with E-state index < -0.39 is 0 Å². The summed E-state index contributed by atoms with van der Waals surface area (Å²) in [4.78, 5) is 0.447. The number of allylic oxidation sites excluding steroid dienone is 4. The highest BCUT2D eigenvalue weighted by Crippen LogP contribution is 2.55. The van der Waals surface area contributed by atoms with Gasteiger partial charge in [-0.2, -0.15) is 0 Å². The molecule has 0 saturated heterocycles. The van der Waals surface area contributed by atoms with E-state index in [4.69, 9.17) is 4.74 Å². The zero-order chi connectivity index (χ0) is 15.0. The largest absolute Gasteiger partial charge is 0.385 e. The van der Waals surface area contributed by atoms with Gasteiger partial charge in [-0.05, 0) is 53.7 Å². The Bertz CT molecular complexity index is 618. The van der Waals surface area contributed by atoms with Gasteiger partial charge in [-0.3, -0.25) is 0 Å². The van der Waals surface area contributed by atoms with Crippen molar-refractivity contribution in [2.24, 2.45) is 0 Å². The second-order valence-corrected chi connectivity index (χ2v) is 7.91. The molecule has 1 nitrogen and oxygen atoms in total. The molecule has 2 aliphatic carbocycles. The second kappa shape index (κ2) is 6.02. The van der Waals surface area contributed by atoms with Gasteiger partial charge in [0.2, 0.25) is 0 Å². The van der Waals surface area contributed by atoms with Crippen molar-refractivity contribution in [2.45, 2.75) is 36.4 Å². The summed E-state index contributed by atoms with van der Waals surface area (Å²) < 4.78 is 6.57. The van der Waals surface area contributed by atoms with Crippen LogP contribution in [0.4, 0.5) is 0 Å². The van der Waals surface area contributed by atoms with Gasteiger partial charge in [0.1, 0.15) is 0 Å². The third-order valence-corrected chi connectivity index (χ3v) is 5.96. The molecule has 1 aromatic rings. The van der Waals surface area contributed by atoms with E-state index >= 15 is 0 Å². The summed E-state index contributed by atoms with van der Waals surface area (Å²) in [6, 6.07) is 6.72. The molecule has 2 atom stereocenters. The average molecular weight is 412 g/mol. The SMILES string of the molecule is CCC1(CCOC)C2=CC(Br)CC=C2c2ccc(Br)cc21. The summed E-state index contributed by atoms with van der Waals surface area (Å²) in [6.07, 6.45) is 8.02. The molecule has 0 aromatic heterocycles. The van der Waals surface area contributed by atoms with Crippen molar-refractivity contribution < 1.29 is 4.74 Å². The number of hydrogen-bond acceptors (Lipinski definition) is 1. The first-order chi connectivity index (χ1) is 10.1. The lowest BCUT2D eigenvalue weighted by molar-refractivity contribution is 0.174. The third kappa shape index (κ3) is 2.47. The van der Waals surface area contributed by atoms with Crippen LogP contribution in [0.5, 0.6) is 0 Å². The molecule has 0 N–H and O–H groups in total. The molecule has 0 amide bonds. The van der Waals surface area contributed by atoms with Crippen molar-refractivity contribution in [3.63, 3.8) is 0 Å². The van der Waals surface area contributed by atoms with Crippen LogP contribution in [0.15, 0.2) is 40.4 Å². The van der Waals surface area contributed by atoms with Crippen LogP contribution in [-0.4, -0.2) is 18.5 Å². The predicted molar refractivity (Wildman–Crippen MR) is 96.0 cm³/mol. The smallest absolute Gasteiger partial charge is 0.0474 e. The van der Waals surface area contributed by atoms with Gasteiger partial charge in [0.25, 0.3) is 0 Å². The number of halogens is 2. The zero-order valence-electron chi connectivity index (χ0n) is 12.5. The normalized spacial score (nSPS) is 27.0. The van der Waals surface area contributed by atoms with Gasteiger partial charge in [0.15, 0.2) is 0 Å².